The molecule has 0 amide bonds. The summed E-state index contributed by atoms with van der Waals surface area (Å²) in [4.78, 5) is 7.68. The summed E-state index contributed by atoms with van der Waals surface area (Å²) in [6.07, 6.45) is 4.58. The van der Waals surface area contributed by atoms with Gasteiger partial charge in [0.15, 0.2) is 5.13 Å². The van der Waals surface area contributed by atoms with E-state index in [2.05, 4.69) is 16.9 Å². The van der Waals surface area contributed by atoms with Gasteiger partial charge in [-0.25, -0.2) is 4.98 Å². The first-order valence-corrected chi connectivity index (χ1v) is 6.52. The Morgan fingerprint density at radius 3 is 3.12 bits per heavy atom. The van der Waals surface area contributed by atoms with Crippen LogP contribution in [-0.2, 0) is 4.74 Å². The molecule has 2 rings (SSSR count). The van der Waals surface area contributed by atoms with Crippen LogP contribution in [0.3, 0.4) is 0 Å². The normalized spacial score (nSPS) is 22.3. The minimum absolute atomic E-state index is 0.0716. The van der Waals surface area contributed by atoms with Crippen molar-refractivity contribution in [3.8, 4) is 0 Å². The number of anilines is 1. The Hall–Kier alpha value is -0.650. The molecule has 0 aliphatic carbocycles. The second-order valence-corrected chi connectivity index (χ2v) is 5.39. The van der Waals surface area contributed by atoms with E-state index in [1.165, 1.54) is 6.42 Å². The molecule has 0 radical (unpaired) electrons. The van der Waals surface area contributed by atoms with Crippen molar-refractivity contribution in [2.75, 3.05) is 25.1 Å². The lowest BCUT2D eigenvalue weighted by Gasteiger charge is -2.19. The number of hydrogen-bond acceptors (Lipinski definition) is 5. The van der Waals surface area contributed by atoms with Gasteiger partial charge in [0.25, 0.3) is 0 Å². The Kier molecular flexibility index (Phi) is 3.78. The average molecular weight is 241 g/mol. The molecule has 1 fully saturated rings. The highest BCUT2D eigenvalue weighted by Gasteiger charge is 2.19. The number of likely N-dealkylation sites (N-methyl/N-ethyl adjacent to an activating group) is 1. The molecule has 2 atom stereocenters. The first-order chi connectivity index (χ1) is 7.66. The minimum Gasteiger partial charge on any atom is -0.376 e. The third-order valence-electron chi connectivity index (χ3n) is 2.79. The van der Waals surface area contributed by atoms with Crippen molar-refractivity contribution < 1.29 is 4.74 Å². The second kappa shape index (κ2) is 5.12. The smallest absolute Gasteiger partial charge is 0.185 e. The van der Waals surface area contributed by atoms with Crippen molar-refractivity contribution in [2.45, 2.75) is 31.9 Å². The molecule has 1 aliphatic rings. The van der Waals surface area contributed by atoms with Crippen LogP contribution in [0.2, 0.25) is 0 Å². The van der Waals surface area contributed by atoms with Gasteiger partial charge in [-0.05, 0) is 19.8 Å². The van der Waals surface area contributed by atoms with E-state index in [-0.39, 0.29) is 6.04 Å². The maximum Gasteiger partial charge on any atom is 0.185 e. The zero-order valence-corrected chi connectivity index (χ0v) is 10.7. The lowest BCUT2D eigenvalue weighted by atomic mass is 10.2. The van der Waals surface area contributed by atoms with Crippen LogP contribution in [0.4, 0.5) is 5.13 Å². The molecule has 2 N–H and O–H groups in total. The molecule has 0 saturated carbocycles. The quantitative estimate of drug-likeness (QED) is 0.873. The molecule has 0 aromatic carbocycles. The number of rotatable bonds is 4. The van der Waals surface area contributed by atoms with E-state index in [4.69, 9.17) is 10.5 Å². The maximum atomic E-state index is 5.82. The van der Waals surface area contributed by atoms with Gasteiger partial charge in [-0.3, -0.25) is 0 Å². The number of nitrogens with two attached hydrogens (primary N) is 1. The van der Waals surface area contributed by atoms with E-state index in [1.54, 1.807) is 11.3 Å². The van der Waals surface area contributed by atoms with Crippen LogP contribution in [0.5, 0.6) is 0 Å². The van der Waals surface area contributed by atoms with Gasteiger partial charge in [-0.1, -0.05) is 0 Å². The lowest BCUT2D eigenvalue weighted by Crippen LogP contribution is -2.28. The highest BCUT2D eigenvalue weighted by atomic mass is 32.1. The highest BCUT2D eigenvalue weighted by Crippen LogP contribution is 2.26. The topological polar surface area (TPSA) is 51.4 Å². The van der Waals surface area contributed by atoms with E-state index in [0.717, 1.165) is 29.6 Å². The van der Waals surface area contributed by atoms with Crippen molar-refractivity contribution in [1.82, 2.24) is 4.98 Å². The number of hydrogen-bond donors (Lipinski definition) is 1. The number of thiazole rings is 1. The van der Waals surface area contributed by atoms with Gasteiger partial charge in [0.05, 0.1) is 6.10 Å². The summed E-state index contributed by atoms with van der Waals surface area (Å²) in [6, 6.07) is 0.0716. The Labute approximate surface area is 100 Å². The van der Waals surface area contributed by atoms with Gasteiger partial charge < -0.3 is 15.4 Å². The maximum absolute atomic E-state index is 5.82. The van der Waals surface area contributed by atoms with Crippen molar-refractivity contribution in [3.05, 3.63) is 11.1 Å². The van der Waals surface area contributed by atoms with Crippen molar-refractivity contribution in [1.29, 1.82) is 0 Å². The molecule has 1 aromatic heterocycles. The molecule has 5 heteroatoms. The molecule has 1 aromatic rings. The lowest BCUT2D eigenvalue weighted by molar-refractivity contribution is 0.116. The van der Waals surface area contributed by atoms with Crippen LogP contribution in [0, 0.1) is 0 Å². The average Bonchev–Trinajstić information content (AvgIpc) is 2.86. The van der Waals surface area contributed by atoms with E-state index in [9.17, 15) is 0 Å². The standard InChI is InChI=1S/C11H19N3OS/c1-8(12)10-6-13-11(16-10)14(2)7-9-4-3-5-15-9/h6,8-9H,3-5,7,12H2,1-2H3. The van der Waals surface area contributed by atoms with E-state index in [0.29, 0.717) is 6.10 Å². The van der Waals surface area contributed by atoms with E-state index < -0.39 is 0 Å². The molecule has 1 saturated heterocycles. The predicted molar refractivity (Wildman–Crippen MR) is 67.0 cm³/mol. The molecule has 2 unspecified atom stereocenters. The number of nitrogens with zero attached hydrogens (tertiary/aromatic N) is 2. The van der Waals surface area contributed by atoms with Crippen LogP contribution in [-0.4, -0.2) is 31.3 Å². The minimum atomic E-state index is 0.0716. The van der Waals surface area contributed by atoms with Crippen LogP contribution in [0.25, 0.3) is 0 Å². The highest BCUT2D eigenvalue weighted by molar-refractivity contribution is 7.15. The summed E-state index contributed by atoms with van der Waals surface area (Å²) in [7, 11) is 2.06. The van der Waals surface area contributed by atoms with E-state index in [1.807, 2.05) is 13.1 Å². The summed E-state index contributed by atoms with van der Waals surface area (Å²) in [6.45, 7) is 3.81. The van der Waals surface area contributed by atoms with E-state index >= 15 is 0 Å². The predicted octanol–water partition coefficient (Wildman–Crippen LogP) is 1.78. The van der Waals surface area contributed by atoms with Crippen molar-refractivity contribution in [3.63, 3.8) is 0 Å². The third-order valence-corrected chi connectivity index (χ3v) is 4.10. The van der Waals surface area contributed by atoms with Crippen molar-refractivity contribution in [2.24, 2.45) is 5.73 Å². The van der Waals surface area contributed by atoms with Gasteiger partial charge in [0.2, 0.25) is 0 Å². The largest absolute Gasteiger partial charge is 0.376 e. The van der Waals surface area contributed by atoms with Gasteiger partial charge in [-0.15, -0.1) is 11.3 Å². The first-order valence-electron chi connectivity index (χ1n) is 5.71. The molecule has 1 aliphatic heterocycles. The number of aromatic nitrogens is 1. The zero-order valence-electron chi connectivity index (χ0n) is 9.85. The summed E-state index contributed by atoms with van der Waals surface area (Å²) in [5.74, 6) is 0. The van der Waals surface area contributed by atoms with Gasteiger partial charge in [0, 0.05) is 37.3 Å². The summed E-state index contributed by atoms with van der Waals surface area (Å²) in [5.41, 5.74) is 5.82. The molecule has 90 valence electrons. The fraction of sp³-hybridized carbons (Fsp3) is 0.727. The van der Waals surface area contributed by atoms with Gasteiger partial charge >= 0.3 is 0 Å². The van der Waals surface area contributed by atoms with Crippen LogP contribution >= 0.6 is 11.3 Å². The zero-order chi connectivity index (χ0) is 11.5. The molecular weight excluding hydrogens is 222 g/mol. The van der Waals surface area contributed by atoms with Crippen LogP contribution in [0.15, 0.2) is 6.20 Å². The molecule has 16 heavy (non-hydrogen) atoms. The second-order valence-electron chi connectivity index (χ2n) is 4.35. The Balaban J connectivity index is 1.94. The fourth-order valence-corrected chi connectivity index (χ4v) is 2.67. The third kappa shape index (κ3) is 2.72. The Morgan fingerprint density at radius 1 is 1.75 bits per heavy atom. The first kappa shape index (κ1) is 11.8. The molecular formula is C11H19N3OS. The summed E-state index contributed by atoms with van der Waals surface area (Å²) < 4.78 is 5.61. The molecule has 0 bridgehead atoms. The van der Waals surface area contributed by atoms with Crippen LogP contribution in [0.1, 0.15) is 30.7 Å². The Morgan fingerprint density at radius 2 is 2.56 bits per heavy atom. The summed E-state index contributed by atoms with van der Waals surface area (Å²) in [5, 5.41) is 1.03. The van der Waals surface area contributed by atoms with Gasteiger partial charge in [0.1, 0.15) is 0 Å². The summed E-state index contributed by atoms with van der Waals surface area (Å²) >= 11 is 1.67. The fourth-order valence-electron chi connectivity index (χ4n) is 1.84. The monoisotopic (exact) mass is 241 g/mol. The number of ether oxygens (including phenoxy) is 1. The van der Waals surface area contributed by atoms with Crippen molar-refractivity contribution >= 4 is 16.5 Å². The van der Waals surface area contributed by atoms with Crippen LogP contribution < -0.4 is 10.6 Å². The molecule has 4 nitrogen and oxygen atoms in total. The van der Waals surface area contributed by atoms with Gasteiger partial charge in [-0.2, -0.15) is 0 Å². The SMILES string of the molecule is CC(N)c1cnc(N(C)CC2CCCO2)s1. The molecule has 0 spiro atoms. The Bertz CT molecular complexity index is 334. The molecule has 2 heterocycles.